The van der Waals surface area contributed by atoms with E-state index < -0.39 is 0 Å². The lowest BCUT2D eigenvalue weighted by Crippen LogP contribution is -2.41. The molecular formula is C14H20BrNO3. The lowest BCUT2D eigenvalue weighted by atomic mass is 10.0. The van der Waals surface area contributed by atoms with Crippen LogP contribution in [0.4, 0.5) is 0 Å². The van der Waals surface area contributed by atoms with Gasteiger partial charge in [0.25, 0.3) is 5.91 Å². The average Bonchev–Trinajstić information content (AvgIpc) is 2.38. The fraction of sp³-hybridized carbons (Fsp3) is 0.500. The summed E-state index contributed by atoms with van der Waals surface area (Å²) in [4.78, 5) is 12.3. The van der Waals surface area contributed by atoms with Crippen LogP contribution < -0.4 is 10.1 Å². The zero-order valence-corrected chi connectivity index (χ0v) is 13.3. The van der Waals surface area contributed by atoms with Crippen molar-refractivity contribution in [3.05, 3.63) is 28.2 Å². The molecule has 19 heavy (non-hydrogen) atoms. The maximum Gasteiger partial charge on any atom is 0.252 e. The molecule has 0 heterocycles. The zero-order valence-electron chi connectivity index (χ0n) is 11.7. The van der Waals surface area contributed by atoms with Crippen LogP contribution in [0.5, 0.6) is 5.75 Å². The molecule has 0 saturated heterocycles. The molecule has 0 fully saturated rings. The highest BCUT2D eigenvalue weighted by atomic mass is 79.9. The molecule has 1 atom stereocenters. The number of methoxy groups -OCH3 is 2. The molecule has 1 aromatic carbocycles. The lowest BCUT2D eigenvalue weighted by molar-refractivity contribution is 0.0865. The van der Waals surface area contributed by atoms with E-state index in [1.807, 2.05) is 13.8 Å². The third-order valence-electron chi connectivity index (χ3n) is 2.89. The van der Waals surface area contributed by atoms with Gasteiger partial charge in [-0.2, -0.15) is 0 Å². The molecule has 0 aliphatic carbocycles. The van der Waals surface area contributed by atoms with E-state index >= 15 is 0 Å². The summed E-state index contributed by atoms with van der Waals surface area (Å²) < 4.78 is 11.0. The van der Waals surface area contributed by atoms with Crippen LogP contribution in [0.1, 0.15) is 24.2 Å². The number of hydrogen-bond donors (Lipinski definition) is 1. The van der Waals surface area contributed by atoms with E-state index in [0.29, 0.717) is 23.8 Å². The molecule has 0 radical (unpaired) electrons. The fourth-order valence-corrected chi connectivity index (χ4v) is 2.06. The Morgan fingerprint density at radius 3 is 2.58 bits per heavy atom. The van der Waals surface area contributed by atoms with Crippen LogP contribution in [0, 0.1) is 5.92 Å². The van der Waals surface area contributed by atoms with Crippen LogP contribution in [0.15, 0.2) is 22.7 Å². The van der Waals surface area contributed by atoms with Crippen molar-refractivity contribution < 1.29 is 14.3 Å². The quantitative estimate of drug-likeness (QED) is 0.872. The molecule has 5 heteroatoms. The Kier molecular flexibility index (Phi) is 6.31. The van der Waals surface area contributed by atoms with Crippen molar-refractivity contribution in [3.63, 3.8) is 0 Å². The largest absolute Gasteiger partial charge is 0.497 e. The van der Waals surface area contributed by atoms with Gasteiger partial charge in [-0.3, -0.25) is 4.79 Å². The van der Waals surface area contributed by atoms with E-state index in [0.717, 1.165) is 4.47 Å². The predicted octanol–water partition coefficient (Wildman–Crippen LogP) is 2.86. The molecule has 1 amide bonds. The van der Waals surface area contributed by atoms with Gasteiger partial charge in [0.1, 0.15) is 5.75 Å². The Bertz CT molecular complexity index is 435. The third kappa shape index (κ3) is 4.51. The first-order chi connectivity index (χ1) is 8.99. The lowest BCUT2D eigenvalue weighted by Gasteiger charge is -2.22. The number of halogens is 1. The minimum Gasteiger partial charge on any atom is -0.497 e. The van der Waals surface area contributed by atoms with Gasteiger partial charge in [0.05, 0.1) is 25.3 Å². The maximum atomic E-state index is 12.3. The van der Waals surface area contributed by atoms with Gasteiger partial charge >= 0.3 is 0 Å². The van der Waals surface area contributed by atoms with E-state index in [2.05, 4.69) is 21.2 Å². The maximum absolute atomic E-state index is 12.3. The van der Waals surface area contributed by atoms with Crippen LogP contribution in [0.2, 0.25) is 0 Å². The second-order valence-electron chi connectivity index (χ2n) is 4.63. The van der Waals surface area contributed by atoms with Gasteiger partial charge in [-0.1, -0.05) is 13.8 Å². The first-order valence-corrected chi connectivity index (χ1v) is 6.92. The molecule has 0 aliphatic heterocycles. The molecule has 1 N–H and O–H groups in total. The van der Waals surface area contributed by atoms with Crippen molar-refractivity contribution in [2.45, 2.75) is 19.9 Å². The summed E-state index contributed by atoms with van der Waals surface area (Å²) in [7, 11) is 3.20. The van der Waals surface area contributed by atoms with E-state index in [9.17, 15) is 4.79 Å². The molecule has 1 aromatic rings. The molecule has 4 nitrogen and oxygen atoms in total. The number of rotatable bonds is 6. The van der Waals surface area contributed by atoms with E-state index in [1.54, 1.807) is 32.4 Å². The topological polar surface area (TPSA) is 47.6 Å². The average molecular weight is 330 g/mol. The minimum absolute atomic E-state index is 0.0180. The molecule has 1 unspecified atom stereocenters. The highest BCUT2D eigenvalue weighted by Gasteiger charge is 2.19. The van der Waals surface area contributed by atoms with E-state index in [4.69, 9.17) is 9.47 Å². The first kappa shape index (κ1) is 16.0. The van der Waals surface area contributed by atoms with Crippen LogP contribution in [-0.2, 0) is 4.74 Å². The van der Waals surface area contributed by atoms with Crippen molar-refractivity contribution >= 4 is 21.8 Å². The Morgan fingerprint density at radius 1 is 1.37 bits per heavy atom. The van der Waals surface area contributed by atoms with Crippen LogP contribution in [0.3, 0.4) is 0 Å². The number of amides is 1. The molecule has 0 bridgehead atoms. The monoisotopic (exact) mass is 329 g/mol. The fourth-order valence-electron chi connectivity index (χ4n) is 1.63. The van der Waals surface area contributed by atoms with Gasteiger partial charge in [-0.25, -0.2) is 0 Å². The molecule has 0 saturated carbocycles. The van der Waals surface area contributed by atoms with Crippen molar-refractivity contribution in [1.29, 1.82) is 0 Å². The summed E-state index contributed by atoms with van der Waals surface area (Å²) in [6.45, 7) is 4.58. The highest BCUT2D eigenvalue weighted by Crippen LogP contribution is 2.22. The molecule has 1 rings (SSSR count). The molecule has 106 valence electrons. The zero-order chi connectivity index (χ0) is 14.4. The molecular weight excluding hydrogens is 310 g/mol. The van der Waals surface area contributed by atoms with Crippen molar-refractivity contribution in [1.82, 2.24) is 5.32 Å². The number of carbonyl (C=O) groups excluding carboxylic acids is 1. The second kappa shape index (κ2) is 7.50. The number of benzene rings is 1. The SMILES string of the molecule is COCC(NC(=O)c1cc(OC)ccc1Br)C(C)C. The predicted molar refractivity (Wildman–Crippen MR) is 78.7 cm³/mol. The summed E-state index contributed by atoms with van der Waals surface area (Å²) in [5.74, 6) is 0.816. The van der Waals surface area contributed by atoms with Gasteiger partial charge in [-0.05, 0) is 40.0 Å². The Labute approximate surface area is 122 Å². The Hall–Kier alpha value is -1.07. The van der Waals surface area contributed by atoms with Crippen LogP contribution in [0.25, 0.3) is 0 Å². The smallest absolute Gasteiger partial charge is 0.252 e. The summed E-state index contributed by atoms with van der Waals surface area (Å²) >= 11 is 3.38. The number of hydrogen-bond acceptors (Lipinski definition) is 3. The third-order valence-corrected chi connectivity index (χ3v) is 3.58. The summed E-state index contributed by atoms with van der Waals surface area (Å²) in [5, 5.41) is 2.98. The summed E-state index contributed by atoms with van der Waals surface area (Å²) in [6.07, 6.45) is 0. The number of nitrogens with one attached hydrogen (secondary N) is 1. The van der Waals surface area contributed by atoms with E-state index in [1.165, 1.54) is 0 Å². The van der Waals surface area contributed by atoms with Gasteiger partial charge in [0, 0.05) is 11.6 Å². The first-order valence-electron chi connectivity index (χ1n) is 6.13. The Morgan fingerprint density at radius 2 is 2.05 bits per heavy atom. The summed E-state index contributed by atoms with van der Waals surface area (Å²) in [6, 6.07) is 5.30. The molecule has 0 aromatic heterocycles. The van der Waals surface area contributed by atoms with Crippen molar-refractivity contribution in [2.24, 2.45) is 5.92 Å². The van der Waals surface area contributed by atoms with Gasteiger partial charge in [0.2, 0.25) is 0 Å². The van der Waals surface area contributed by atoms with Gasteiger partial charge < -0.3 is 14.8 Å². The molecule has 0 spiro atoms. The number of carbonyl (C=O) groups is 1. The van der Waals surface area contributed by atoms with Crippen LogP contribution >= 0.6 is 15.9 Å². The number of ether oxygens (including phenoxy) is 2. The van der Waals surface area contributed by atoms with Crippen molar-refractivity contribution in [3.8, 4) is 5.75 Å². The van der Waals surface area contributed by atoms with E-state index in [-0.39, 0.29) is 11.9 Å². The standard InChI is InChI=1S/C14H20BrNO3/c1-9(2)13(8-18-3)16-14(17)11-7-10(19-4)5-6-12(11)15/h5-7,9,13H,8H2,1-4H3,(H,16,17). The highest BCUT2D eigenvalue weighted by molar-refractivity contribution is 9.10. The second-order valence-corrected chi connectivity index (χ2v) is 5.48. The van der Waals surface area contributed by atoms with Gasteiger partial charge in [0.15, 0.2) is 0 Å². The summed E-state index contributed by atoms with van der Waals surface area (Å²) in [5.41, 5.74) is 0.557. The minimum atomic E-state index is -0.137. The molecule has 0 aliphatic rings. The van der Waals surface area contributed by atoms with Crippen LogP contribution in [-0.4, -0.2) is 32.8 Å². The Balaban J connectivity index is 2.87. The van der Waals surface area contributed by atoms with Gasteiger partial charge in [-0.15, -0.1) is 0 Å². The van der Waals surface area contributed by atoms with Crippen molar-refractivity contribution in [2.75, 3.05) is 20.8 Å². The normalized spacial score (nSPS) is 12.3.